The predicted octanol–water partition coefficient (Wildman–Crippen LogP) is 1.00. The number of hydrogen-bond donors (Lipinski definition) is 2. The predicted molar refractivity (Wildman–Crippen MR) is 58.6 cm³/mol. The fraction of sp³-hybridized carbons (Fsp3) is 0.455. The minimum Gasteiger partial charge on any atom is -0.496 e. The Balaban J connectivity index is 2.41. The first-order valence-electron chi connectivity index (χ1n) is 4.85. The molecule has 2 N–H and O–H groups in total. The molecule has 1 rings (SSSR count). The van der Waals surface area contributed by atoms with Gasteiger partial charge in [-0.2, -0.15) is 0 Å². The van der Waals surface area contributed by atoms with E-state index in [9.17, 15) is 0 Å². The zero-order chi connectivity index (χ0) is 10.2. The Kier molecular flexibility index (Phi) is 5.04. The van der Waals surface area contributed by atoms with Crippen molar-refractivity contribution in [3.8, 4) is 5.75 Å². The molecular weight excluding hydrogens is 176 g/mol. The van der Waals surface area contributed by atoms with Crippen LogP contribution in [0.2, 0.25) is 0 Å². The van der Waals surface area contributed by atoms with E-state index >= 15 is 0 Å². The van der Waals surface area contributed by atoms with Crippen molar-refractivity contribution in [2.75, 3.05) is 27.4 Å². The van der Waals surface area contributed by atoms with Crippen molar-refractivity contribution in [2.24, 2.45) is 0 Å². The SMILES string of the molecule is CNCNCCc1ccccc1OC. The zero-order valence-electron chi connectivity index (χ0n) is 8.84. The lowest BCUT2D eigenvalue weighted by molar-refractivity contribution is 0.409. The number of nitrogens with one attached hydrogen (secondary N) is 2. The molecule has 0 radical (unpaired) electrons. The van der Waals surface area contributed by atoms with Crippen LogP contribution in [-0.4, -0.2) is 27.4 Å². The van der Waals surface area contributed by atoms with E-state index in [1.54, 1.807) is 7.11 Å². The van der Waals surface area contributed by atoms with Gasteiger partial charge in [0.25, 0.3) is 0 Å². The summed E-state index contributed by atoms with van der Waals surface area (Å²) in [6.45, 7) is 1.80. The number of rotatable bonds is 6. The Hall–Kier alpha value is -1.06. The Morgan fingerprint density at radius 2 is 2.07 bits per heavy atom. The minimum atomic E-state index is 0.842. The van der Waals surface area contributed by atoms with Crippen molar-refractivity contribution in [3.63, 3.8) is 0 Å². The molecule has 0 atom stereocenters. The van der Waals surface area contributed by atoms with Gasteiger partial charge >= 0.3 is 0 Å². The lowest BCUT2D eigenvalue weighted by atomic mass is 10.1. The zero-order valence-corrected chi connectivity index (χ0v) is 8.84. The van der Waals surface area contributed by atoms with E-state index in [1.165, 1.54) is 5.56 Å². The molecule has 0 fully saturated rings. The first-order valence-corrected chi connectivity index (χ1v) is 4.85. The molecule has 0 aliphatic heterocycles. The van der Waals surface area contributed by atoms with Crippen molar-refractivity contribution in [1.29, 1.82) is 0 Å². The molecule has 0 aromatic heterocycles. The fourth-order valence-corrected chi connectivity index (χ4v) is 1.35. The van der Waals surface area contributed by atoms with Crippen molar-refractivity contribution in [1.82, 2.24) is 10.6 Å². The van der Waals surface area contributed by atoms with E-state index in [-0.39, 0.29) is 0 Å². The lowest BCUT2D eigenvalue weighted by Crippen LogP contribution is -2.27. The average Bonchev–Trinajstić information content (AvgIpc) is 2.25. The van der Waals surface area contributed by atoms with Gasteiger partial charge in [-0.05, 0) is 25.1 Å². The van der Waals surface area contributed by atoms with Gasteiger partial charge in [-0.15, -0.1) is 0 Å². The van der Waals surface area contributed by atoms with E-state index in [0.29, 0.717) is 0 Å². The molecule has 0 spiro atoms. The topological polar surface area (TPSA) is 33.3 Å². The quantitative estimate of drug-likeness (QED) is 0.523. The van der Waals surface area contributed by atoms with Gasteiger partial charge in [0.1, 0.15) is 5.75 Å². The summed E-state index contributed by atoms with van der Waals surface area (Å²) in [6.07, 6.45) is 0.992. The van der Waals surface area contributed by atoms with Crippen LogP contribution < -0.4 is 15.4 Å². The van der Waals surface area contributed by atoms with Gasteiger partial charge in [-0.25, -0.2) is 0 Å². The number of ether oxygens (including phenoxy) is 1. The molecule has 1 aromatic carbocycles. The van der Waals surface area contributed by atoms with Crippen molar-refractivity contribution >= 4 is 0 Å². The highest BCUT2D eigenvalue weighted by Crippen LogP contribution is 2.16. The van der Waals surface area contributed by atoms with Crippen LogP contribution in [0.15, 0.2) is 24.3 Å². The van der Waals surface area contributed by atoms with Crippen LogP contribution >= 0.6 is 0 Å². The second-order valence-corrected chi connectivity index (χ2v) is 3.09. The molecule has 3 heteroatoms. The first-order chi connectivity index (χ1) is 6.88. The van der Waals surface area contributed by atoms with Gasteiger partial charge in [0.2, 0.25) is 0 Å². The van der Waals surface area contributed by atoms with Crippen LogP contribution in [0.1, 0.15) is 5.56 Å². The Labute approximate surface area is 85.5 Å². The second kappa shape index (κ2) is 6.40. The Bertz CT molecular complexity index is 263. The molecule has 0 unspecified atom stereocenters. The van der Waals surface area contributed by atoms with Crippen LogP contribution in [-0.2, 0) is 6.42 Å². The molecule has 0 saturated heterocycles. The van der Waals surface area contributed by atoms with Crippen LogP contribution in [0.25, 0.3) is 0 Å². The summed E-state index contributed by atoms with van der Waals surface area (Å²) in [6, 6.07) is 8.12. The number of methoxy groups -OCH3 is 1. The molecule has 14 heavy (non-hydrogen) atoms. The third kappa shape index (κ3) is 3.36. The highest BCUT2D eigenvalue weighted by molar-refractivity contribution is 5.33. The normalized spacial score (nSPS) is 10.1. The Morgan fingerprint density at radius 1 is 1.29 bits per heavy atom. The monoisotopic (exact) mass is 194 g/mol. The van der Waals surface area contributed by atoms with Crippen molar-refractivity contribution < 1.29 is 4.74 Å². The summed E-state index contributed by atoms with van der Waals surface area (Å²) < 4.78 is 5.26. The summed E-state index contributed by atoms with van der Waals surface area (Å²) in [4.78, 5) is 0. The third-order valence-electron chi connectivity index (χ3n) is 2.07. The van der Waals surface area contributed by atoms with Crippen molar-refractivity contribution in [2.45, 2.75) is 6.42 Å². The molecule has 1 aromatic rings. The van der Waals surface area contributed by atoms with Gasteiger partial charge in [0, 0.05) is 13.2 Å². The summed E-state index contributed by atoms with van der Waals surface area (Å²) in [5, 5.41) is 6.31. The molecule has 0 amide bonds. The van der Waals surface area contributed by atoms with E-state index in [2.05, 4.69) is 16.7 Å². The lowest BCUT2D eigenvalue weighted by Gasteiger charge is -2.08. The summed E-state index contributed by atoms with van der Waals surface area (Å²) >= 11 is 0. The number of benzene rings is 1. The molecule has 0 heterocycles. The second-order valence-electron chi connectivity index (χ2n) is 3.09. The average molecular weight is 194 g/mol. The summed E-state index contributed by atoms with van der Waals surface area (Å²) in [5.74, 6) is 0.971. The van der Waals surface area contributed by atoms with E-state index < -0.39 is 0 Å². The molecular formula is C11H18N2O. The first kappa shape index (κ1) is 11.0. The van der Waals surface area contributed by atoms with Crippen LogP contribution in [0.3, 0.4) is 0 Å². The third-order valence-corrected chi connectivity index (χ3v) is 2.07. The maximum atomic E-state index is 5.26. The van der Waals surface area contributed by atoms with Gasteiger partial charge in [-0.3, -0.25) is 0 Å². The molecule has 0 aliphatic rings. The molecule has 78 valence electrons. The van der Waals surface area contributed by atoms with Gasteiger partial charge in [0.15, 0.2) is 0 Å². The van der Waals surface area contributed by atoms with Gasteiger partial charge in [-0.1, -0.05) is 18.2 Å². The van der Waals surface area contributed by atoms with Crippen LogP contribution in [0.5, 0.6) is 5.75 Å². The van der Waals surface area contributed by atoms with Gasteiger partial charge in [0.05, 0.1) is 7.11 Å². The Morgan fingerprint density at radius 3 is 2.79 bits per heavy atom. The maximum absolute atomic E-state index is 5.26. The van der Waals surface area contributed by atoms with E-state index in [0.717, 1.165) is 25.4 Å². The smallest absolute Gasteiger partial charge is 0.122 e. The van der Waals surface area contributed by atoms with E-state index in [1.807, 2.05) is 25.2 Å². The summed E-state index contributed by atoms with van der Waals surface area (Å²) in [5.41, 5.74) is 1.25. The molecule has 0 aliphatic carbocycles. The highest BCUT2D eigenvalue weighted by atomic mass is 16.5. The van der Waals surface area contributed by atoms with Gasteiger partial charge < -0.3 is 15.4 Å². The molecule has 0 saturated carbocycles. The standard InChI is InChI=1S/C11H18N2O/c1-12-9-13-8-7-10-5-3-4-6-11(10)14-2/h3-6,12-13H,7-9H2,1-2H3. The highest BCUT2D eigenvalue weighted by Gasteiger charge is 1.99. The minimum absolute atomic E-state index is 0.842. The van der Waals surface area contributed by atoms with E-state index in [4.69, 9.17) is 4.74 Å². The largest absolute Gasteiger partial charge is 0.496 e. The number of para-hydroxylation sites is 1. The van der Waals surface area contributed by atoms with Crippen molar-refractivity contribution in [3.05, 3.63) is 29.8 Å². The fourth-order valence-electron chi connectivity index (χ4n) is 1.35. The van der Waals surface area contributed by atoms with Crippen LogP contribution in [0, 0.1) is 0 Å². The molecule has 0 bridgehead atoms. The summed E-state index contributed by atoms with van der Waals surface area (Å²) in [7, 11) is 3.63. The van der Waals surface area contributed by atoms with Crippen LogP contribution in [0.4, 0.5) is 0 Å². The molecule has 3 nitrogen and oxygen atoms in total. The number of hydrogen-bond acceptors (Lipinski definition) is 3. The maximum Gasteiger partial charge on any atom is 0.122 e.